The number of ketones is 1. The fraction of sp³-hybridized carbons (Fsp3) is 0.300. The van der Waals surface area contributed by atoms with Crippen LogP contribution in [0.4, 0.5) is 5.82 Å². The molecule has 0 aliphatic rings. The quantitative estimate of drug-likeness (QED) is 0.440. The first-order valence-electron chi connectivity index (χ1n) is 9.07. The molecule has 3 rings (SSSR count). The van der Waals surface area contributed by atoms with Crippen LogP contribution in [0, 0.1) is 12.8 Å². The normalized spacial score (nSPS) is 11.2. The molecule has 7 nitrogen and oxygen atoms in total. The van der Waals surface area contributed by atoms with Gasteiger partial charge in [-0.25, -0.2) is 9.78 Å². The molecular weight excluding hydrogens is 408 g/mol. The molecule has 0 amide bonds. The van der Waals surface area contributed by atoms with E-state index in [0.717, 1.165) is 15.6 Å². The molecule has 0 radical (unpaired) electrons. The van der Waals surface area contributed by atoms with E-state index in [2.05, 4.69) is 9.97 Å². The Kier molecular flexibility index (Phi) is 6.39. The summed E-state index contributed by atoms with van der Waals surface area (Å²) >= 11 is 2.68. The smallest absolute Gasteiger partial charge is 0.329 e. The first kappa shape index (κ1) is 21.1. The zero-order valence-electron chi connectivity index (χ0n) is 16.4. The maximum absolute atomic E-state index is 12.7. The number of nitrogen functional groups attached to an aromatic ring is 1. The van der Waals surface area contributed by atoms with Crippen molar-refractivity contribution < 1.29 is 4.79 Å². The second-order valence-electron chi connectivity index (χ2n) is 7.10. The number of nitrogens with one attached hydrogen (secondary N) is 1. The van der Waals surface area contributed by atoms with E-state index in [9.17, 15) is 14.4 Å². The minimum Gasteiger partial charge on any atom is -0.384 e. The Bertz CT molecular complexity index is 1140. The summed E-state index contributed by atoms with van der Waals surface area (Å²) in [6.45, 7) is 6.18. The zero-order chi connectivity index (χ0) is 21.1. The van der Waals surface area contributed by atoms with Gasteiger partial charge in [-0.05, 0) is 12.8 Å². The lowest BCUT2D eigenvalue weighted by Crippen LogP contribution is -2.37. The number of carbonyl (C=O) groups excluding carboxylic acids is 1. The van der Waals surface area contributed by atoms with Crippen molar-refractivity contribution in [3.8, 4) is 11.3 Å². The number of nitrogens with zero attached hydrogens (tertiary/aromatic N) is 2. The molecule has 0 aliphatic carbocycles. The molecule has 3 aromatic rings. The lowest BCUT2D eigenvalue weighted by atomic mass is 10.1. The van der Waals surface area contributed by atoms with Crippen molar-refractivity contribution >= 4 is 34.7 Å². The van der Waals surface area contributed by atoms with Crippen LogP contribution in [0.3, 0.4) is 0 Å². The number of aromatic nitrogens is 3. The number of thioether (sulfide) groups is 1. The Balaban J connectivity index is 1.77. The van der Waals surface area contributed by atoms with Crippen LogP contribution in [0.25, 0.3) is 11.3 Å². The lowest BCUT2D eigenvalue weighted by molar-refractivity contribution is 0.102. The van der Waals surface area contributed by atoms with Crippen LogP contribution in [0.2, 0.25) is 0 Å². The number of thiazole rings is 1. The molecule has 1 aromatic carbocycles. The van der Waals surface area contributed by atoms with E-state index >= 15 is 0 Å². The highest BCUT2D eigenvalue weighted by Crippen LogP contribution is 2.29. The summed E-state index contributed by atoms with van der Waals surface area (Å²) in [6.07, 6.45) is 0. The Labute approximate surface area is 176 Å². The molecule has 0 fully saturated rings. The number of H-pyrrole nitrogens is 1. The Morgan fingerprint density at radius 2 is 1.97 bits per heavy atom. The molecular formula is C20H22N4O3S2. The standard InChI is InChI=1S/C20H22N4O3S2/c1-11(2)8-24-17(21)16(18(26)23-19(24)27)15(25)10-29-20-22-14(9-28-20)13-6-4-12(3)5-7-13/h4-7,9,11H,8,10,21H2,1-3H3,(H,23,26,27). The van der Waals surface area contributed by atoms with E-state index in [1.54, 1.807) is 0 Å². The summed E-state index contributed by atoms with van der Waals surface area (Å²) in [5, 5.41) is 1.93. The summed E-state index contributed by atoms with van der Waals surface area (Å²) in [6, 6.07) is 8.04. The van der Waals surface area contributed by atoms with Crippen LogP contribution in [-0.2, 0) is 6.54 Å². The summed E-state index contributed by atoms with van der Waals surface area (Å²) < 4.78 is 1.96. The molecule has 152 valence electrons. The average molecular weight is 431 g/mol. The van der Waals surface area contributed by atoms with Crippen LogP contribution in [0.15, 0.2) is 43.6 Å². The van der Waals surface area contributed by atoms with Gasteiger partial charge in [0.1, 0.15) is 11.4 Å². The number of nitrogens with two attached hydrogens (primary N) is 1. The molecule has 9 heteroatoms. The van der Waals surface area contributed by atoms with Crippen molar-refractivity contribution in [2.24, 2.45) is 5.92 Å². The van der Waals surface area contributed by atoms with Crippen molar-refractivity contribution in [3.63, 3.8) is 0 Å². The summed E-state index contributed by atoms with van der Waals surface area (Å²) in [5.41, 5.74) is 7.48. The van der Waals surface area contributed by atoms with Crippen molar-refractivity contribution in [2.45, 2.75) is 31.7 Å². The third-order valence-electron chi connectivity index (χ3n) is 4.22. The van der Waals surface area contributed by atoms with E-state index in [1.165, 1.54) is 33.2 Å². The maximum atomic E-state index is 12.7. The Morgan fingerprint density at radius 3 is 2.62 bits per heavy atom. The third-order valence-corrected chi connectivity index (χ3v) is 6.24. The first-order valence-corrected chi connectivity index (χ1v) is 10.9. The van der Waals surface area contributed by atoms with Gasteiger partial charge in [0.15, 0.2) is 10.1 Å². The second-order valence-corrected chi connectivity index (χ2v) is 9.18. The minimum absolute atomic E-state index is 0.00795. The zero-order valence-corrected chi connectivity index (χ0v) is 18.0. The largest absolute Gasteiger partial charge is 0.384 e. The van der Waals surface area contributed by atoms with Gasteiger partial charge in [0, 0.05) is 17.5 Å². The van der Waals surface area contributed by atoms with Gasteiger partial charge in [-0.2, -0.15) is 0 Å². The fourth-order valence-electron chi connectivity index (χ4n) is 2.78. The van der Waals surface area contributed by atoms with Crippen molar-refractivity contribution in [1.82, 2.24) is 14.5 Å². The summed E-state index contributed by atoms with van der Waals surface area (Å²) in [5.74, 6) is -0.377. The minimum atomic E-state index is -0.752. The average Bonchev–Trinajstić information content (AvgIpc) is 3.13. The fourth-order valence-corrected chi connectivity index (χ4v) is 4.49. The Morgan fingerprint density at radius 1 is 1.28 bits per heavy atom. The molecule has 0 saturated carbocycles. The number of rotatable bonds is 7. The molecule has 3 N–H and O–H groups in total. The molecule has 0 spiro atoms. The topological polar surface area (TPSA) is 111 Å². The van der Waals surface area contributed by atoms with Gasteiger partial charge >= 0.3 is 5.69 Å². The highest BCUT2D eigenvalue weighted by atomic mass is 32.2. The number of benzene rings is 1. The number of hydrogen-bond acceptors (Lipinski definition) is 7. The predicted molar refractivity (Wildman–Crippen MR) is 118 cm³/mol. The number of carbonyl (C=O) groups is 1. The molecule has 0 saturated heterocycles. The second kappa shape index (κ2) is 8.79. The molecule has 0 atom stereocenters. The van der Waals surface area contributed by atoms with Gasteiger partial charge in [-0.3, -0.25) is 19.1 Å². The van der Waals surface area contributed by atoms with Crippen LogP contribution in [0.5, 0.6) is 0 Å². The molecule has 0 bridgehead atoms. The SMILES string of the molecule is Cc1ccc(-c2csc(SCC(=O)c3c(N)n(CC(C)C)c(=O)[nH]c3=O)n2)cc1. The van der Waals surface area contributed by atoms with E-state index in [0.29, 0.717) is 6.54 Å². The van der Waals surface area contributed by atoms with Crippen LogP contribution in [-0.4, -0.2) is 26.1 Å². The van der Waals surface area contributed by atoms with Gasteiger partial charge in [0.25, 0.3) is 5.56 Å². The van der Waals surface area contributed by atoms with Crippen molar-refractivity contribution in [3.05, 3.63) is 61.6 Å². The van der Waals surface area contributed by atoms with E-state index in [1.807, 2.05) is 50.4 Å². The molecule has 29 heavy (non-hydrogen) atoms. The number of aromatic amines is 1. The molecule has 2 heterocycles. The summed E-state index contributed by atoms with van der Waals surface area (Å²) in [7, 11) is 0. The lowest BCUT2D eigenvalue weighted by Gasteiger charge is -2.13. The number of anilines is 1. The van der Waals surface area contributed by atoms with Crippen molar-refractivity contribution in [1.29, 1.82) is 0 Å². The van der Waals surface area contributed by atoms with Gasteiger partial charge in [0.05, 0.1) is 11.4 Å². The van der Waals surface area contributed by atoms with E-state index in [4.69, 9.17) is 5.73 Å². The van der Waals surface area contributed by atoms with E-state index in [-0.39, 0.29) is 23.1 Å². The van der Waals surface area contributed by atoms with Gasteiger partial charge in [-0.15, -0.1) is 11.3 Å². The maximum Gasteiger partial charge on any atom is 0.329 e. The molecule has 2 aromatic heterocycles. The van der Waals surface area contributed by atoms with Crippen molar-refractivity contribution in [2.75, 3.05) is 11.5 Å². The first-order chi connectivity index (χ1) is 13.8. The molecule has 0 aliphatic heterocycles. The molecule has 0 unspecified atom stereocenters. The van der Waals surface area contributed by atoms with Gasteiger partial charge in [-0.1, -0.05) is 55.4 Å². The number of Topliss-reactive ketones (excluding diaryl/α,β-unsaturated/α-hetero) is 1. The Hall–Kier alpha value is -2.65. The van der Waals surface area contributed by atoms with Gasteiger partial charge in [0.2, 0.25) is 0 Å². The van der Waals surface area contributed by atoms with Gasteiger partial charge < -0.3 is 5.73 Å². The monoisotopic (exact) mass is 430 g/mol. The third kappa shape index (κ3) is 4.86. The number of hydrogen-bond donors (Lipinski definition) is 2. The summed E-state index contributed by atoms with van der Waals surface area (Å²) in [4.78, 5) is 43.6. The number of aryl methyl sites for hydroxylation is 1. The highest BCUT2D eigenvalue weighted by Gasteiger charge is 2.20. The van der Waals surface area contributed by atoms with Crippen LogP contribution >= 0.6 is 23.1 Å². The van der Waals surface area contributed by atoms with Crippen LogP contribution in [0.1, 0.15) is 29.8 Å². The van der Waals surface area contributed by atoms with E-state index < -0.39 is 17.0 Å². The highest BCUT2D eigenvalue weighted by molar-refractivity contribution is 8.01. The predicted octanol–water partition coefficient (Wildman–Crippen LogP) is 3.18. The van der Waals surface area contributed by atoms with Crippen LogP contribution < -0.4 is 17.0 Å².